The number of rotatable bonds is 4. The third-order valence-electron chi connectivity index (χ3n) is 2.48. The molecule has 3 nitrogen and oxygen atoms in total. The van der Waals surface area contributed by atoms with Gasteiger partial charge in [0.1, 0.15) is 0 Å². The van der Waals surface area contributed by atoms with E-state index in [1.807, 2.05) is 39.1 Å². The van der Waals surface area contributed by atoms with Crippen LogP contribution in [-0.2, 0) is 0 Å². The first kappa shape index (κ1) is 16.4. The summed E-state index contributed by atoms with van der Waals surface area (Å²) in [6.45, 7) is 4.62. The SMILES string of the molecule is CNC(C)CNC(=O)c1ccc(Br)c(C)c1.Cl. The molecule has 0 heterocycles. The molecule has 0 aliphatic rings. The average molecular weight is 322 g/mol. The third kappa shape index (κ3) is 5.06. The zero-order valence-electron chi connectivity index (χ0n) is 10.2. The van der Waals surface area contributed by atoms with Crippen LogP contribution < -0.4 is 10.6 Å². The fraction of sp³-hybridized carbons (Fsp3) is 0.417. The van der Waals surface area contributed by atoms with E-state index in [1.54, 1.807) is 0 Å². The summed E-state index contributed by atoms with van der Waals surface area (Å²) in [6, 6.07) is 5.87. The predicted octanol–water partition coefficient (Wildman–Crippen LogP) is 2.52. The molecular formula is C12H18BrClN2O. The van der Waals surface area contributed by atoms with Crippen LogP contribution in [0.4, 0.5) is 0 Å². The van der Waals surface area contributed by atoms with Crippen LogP contribution in [0.15, 0.2) is 22.7 Å². The highest BCUT2D eigenvalue weighted by molar-refractivity contribution is 9.10. The van der Waals surface area contributed by atoms with Crippen molar-refractivity contribution in [3.63, 3.8) is 0 Å². The molecule has 0 aromatic heterocycles. The van der Waals surface area contributed by atoms with Crippen molar-refractivity contribution < 1.29 is 4.79 Å². The summed E-state index contributed by atoms with van der Waals surface area (Å²) in [6.07, 6.45) is 0. The van der Waals surface area contributed by atoms with Crippen LogP contribution in [-0.4, -0.2) is 25.5 Å². The van der Waals surface area contributed by atoms with Crippen LogP contribution in [0, 0.1) is 6.92 Å². The summed E-state index contributed by atoms with van der Waals surface area (Å²) in [5.74, 6) is -0.0299. The van der Waals surface area contributed by atoms with Gasteiger partial charge < -0.3 is 10.6 Å². The van der Waals surface area contributed by atoms with Crippen LogP contribution in [0.25, 0.3) is 0 Å². The van der Waals surface area contributed by atoms with E-state index in [4.69, 9.17) is 0 Å². The molecule has 0 spiro atoms. The van der Waals surface area contributed by atoms with Gasteiger partial charge in [0.2, 0.25) is 0 Å². The van der Waals surface area contributed by atoms with Crippen LogP contribution in [0.3, 0.4) is 0 Å². The van der Waals surface area contributed by atoms with E-state index in [2.05, 4.69) is 26.6 Å². The summed E-state index contributed by atoms with van der Waals surface area (Å²) in [4.78, 5) is 11.8. The van der Waals surface area contributed by atoms with Crippen LogP contribution in [0.2, 0.25) is 0 Å². The van der Waals surface area contributed by atoms with Crippen LogP contribution in [0.1, 0.15) is 22.8 Å². The van der Waals surface area contributed by atoms with Crippen molar-refractivity contribution in [2.24, 2.45) is 0 Å². The third-order valence-corrected chi connectivity index (χ3v) is 3.37. The summed E-state index contributed by atoms with van der Waals surface area (Å²) in [7, 11) is 1.88. The lowest BCUT2D eigenvalue weighted by Crippen LogP contribution is -2.37. The van der Waals surface area contributed by atoms with Gasteiger partial charge in [0.25, 0.3) is 5.91 Å². The molecule has 1 aromatic carbocycles. The van der Waals surface area contributed by atoms with Gasteiger partial charge in [-0.15, -0.1) is 12.4 Å². The highest BCUT2D eigenvalue weighted by atomic mass is 79.9. The summed E-state index contributed by atoms with van der Waals surface area (Å²) in [5, 5.41) is 5.95. The van der Waals surface area contributed by atoms with Gasteiger partial charge in [0.05, 0.1) is 0 Å². The second-order valence-corrected chi connectivity index (χ2v) is 4.72. The molecule has 1 atom stereocenters. The van der Waals surface area contributed by atoms with E-state index in [0.29, 0.717) is 12.1 Å². The molecular weight excluding hydrogens is 304 g/mol. The van der Waals surface area contributed by atoms with Gasteiger partial charge in [-0.1, -0.05) is 15.9 Å². The quantitative estimate of drug-likeness (QED) is 0.895. The molecule has 0 aliphatic heterocycles. The van der Waals surface area contributed by atoms with Crippen molar-refractivity contribution in [3.8, 4) is 0 Å². The van der Waals surface area contributed by atoms with Crippen molar-refractivity contribution in [2.45, 2.75) is 19.9 Å². The number of nitrogens with one attached hydrogen (secondary N) is 2. The number of hydrogen-bond acceptors (Lipinski definition) is 2. The Bertz CT molecular complexity index is 385. The van der Waals surface area contributed by atoms with Crippen LogP contribution in [0.5, 0.6) is 0 Å². The predicted molar refractivity (Wildman–Crippen MR) is 77.0 cm³/mol. The van der Waals surface area contributed by atoms with E-state index in [1.165, 1.54) is 0 Å². The molecule has 0 bridgehead atoms. The number of aryl methyl sites for hydroxylation is 1. The minimum absolute atomic E-state index is 0. The number of likely N-dealkylation sites (N-methyl/N-ethyl adjacent to an activating group) is 1. The largest absolute Gasteiger partial charge is 0.350 e. The van der Waals surface area contributed by atoms with E-state index in [9.17, 15) is 4.79 Å². The Kier molecular flexibility index (Phi) is 7.43. The van der Waals surface area contributed by atoms with Gasteiger partial charge in [0, 0.05) is 22.6 Å². The van der Waals surface area contributed by atoms with Crippen molar-refractivity contribution in [2.75, 3.05) is 13.6 Å². The zero-order chi connectivity index (χ0) is 12.1. The van der Waals surface area contributed by atoms with Crippen molar-refractivity contribution in [1.82, 2.24) is 10.6 Å². The van der Waals surface area contributed by atoms with Crippen molar-refractivity contribution in [3.05, 3.63) is 33.8 Å². The monoisotopic (exact) mass is 320 g/mol. The molecule has 0 saturated carbocycles. The Labute approximate surface area is 117 Å². The second kappa shape index (κ2) is 7.69. The molecule has 0 aliphatic carbocycles. The Balaban J connectivity index is 0.00000256. The normalized spacial score (nSPS) is 11.5. The molecule has 1 amide bonds. The van der Waals surface area contributed by atoms with Crippen molar-refractivity contribution in [1.29, 1.82) is 0 Å². The molecule has 0 radical (unpaired) electrons. The molecule has 1 unspecified atom stereocenters. The average Bonchev–Trinajstić information content (AvgIpc) is 2.29. The van der Waals surface area contributed by atoms with Crippen LogP contribution >= 0.6 is 28.3 Å². The number of amides is 1. The maximum absolute atomic E-state index is 11.8. The maximum Gasteiger partial charge on any atom is 0.251 e. The molecule has 96 valence electrons. The fourth-order valence-corrected chi connectivity index (χ4v) is 1.48. The van der Waals surface area contributed by atoms with Gasteiger partial charge in [0.15, 0.2) is 0 Å². The summed E-state index contributed by atoms with van der Waals surface area (Å²) in [5.41, 5.74) is 1.76. The Morgan fingerprint density at radius 1 is 1.47 bits per heavy atom. The molecule has 17 heavy (non-hydrogen) atoms. The minimum Gasteiger partial charge on any atom is -0.350 e. The fourth-order valence-electron chi connectivity index (χ4n) is 1.24. The van der Waals surface area contributed by atoms with E-state index < -0.39 is 0 Å². The van der Waals surface area contributed by atoms with Gasteiger partial charge in [-0.05, 0) is 44.7 Å². The van der Waals surface area contributed by atoms with Gasteiger partial charge in [-0.25, -0.2) is 0 Å². The lowest BCUT2D eigenvalue weighted by atomic mass is 10.1. The zero-order valence-corrected chi connectivity index (χ0v) is 12.6. The smallest absolute Gasteiger partial charge is 0.251 e. The van der Waals surface area contributed by atoms with Gasteiger partial charge >= 0.3 is 0 Å². The number of hydrogen-bond donors (Lipinski definition) is 2. The first-order chi connectivity index (χ1) is 7.54. The van der Waals surface area contributed by atoms with Gasteiger partial charge in [-0.2, -0.15) is 0 Å². The number of carbonyl (C=O) groups excluding carboxylic acids is 1. The molecule has 2 N–H and O–H groups in total. The topological polar surface area (TPSA) is 41.1 Å². The highest BCUT2D eigenvalue weighted by Gasteiger charge is 2.07. The van der Waals surface area contributed by atoms with Crippen molar-refractivity contribution >= 4 is 34.2 Å². The molecule has 5 heteroatoms. The van der Waals surface area contributed by atoms with E-state index in [0.717, 1.165) is 10.0 Å². The Morgan fingerprint density at radius 3 is 2.65 bits per heavy atom. The lowest BCUT2D eigenvalue weighted by molar-refractivity contribution is 0.0950. The summed E-state index contributed by atoms with van der Waals surface area (Å²) >= 11 is 3.41. The molecule has 1 rings (SSSR count). The second-order valence-electron chi connectivity index (χ2n) is 3.86. The standard InChI is InChI=1S/C12H17BrN2O.ClH/c1-8-6-10(4-5-11(8)13)12(16)15-7-9(2)14-3;/h4-6,9,14H,7H2,1-3H3,(H,15,16);1H. The molecule has 0 fully saturated rings. The molecule has 0 saturated heterocycles. The Morgan fingerprint density at radius 2 is 2.12 bits per heavy atom. The highest BCUT2D eigenvalue weighted by Crippen LogP contribution is 2.16. The number of carbonyl (C=O) groups is 1. The number of benzene rings is 1. The van der Waals surface area contributed by atoms with E-state index >= 15 is 0 Å². The lowest BCUT2D eigenvalue weighted by Gasteiger charge is -2.11. The number of halogens is 2. The minimum atomic E-state index is -0.0299. The van der Waals surface area contributed by atoms with E-state index in [-0.39, 0.29) is 24.4 Å². The summed E-state index contributed by atoms with van der Waals surface area (Å²) < 4.78 is 1.02. The molecule has 1 aromatic rings. The van der Waals surface area contributed by atoms with Gasteiger partial charge in [-0.3, -0.25) is 4.79 Å². The first-order valence-corrected chi connectivity index (χ1v) is 6.05. The first-order valence-electron chi connectivity index (χ1n) is 5.26. The maximum atomic E-state index is 11.8. The Hall–Kier alpha value is -0.580.